The van der Waals surface area contributed by atoms with Crippen LogP contribution in [0.15, 0.2) is 0 Å². The lowest BCUT2D eigenvalue weighted by Gasteiger charge is -2.47. The van der Waals surface area contributed by atoms with Crippen LogP contribution in [0.25, 0.3) is 0 Å². The van der Waals surface area contributed by atoms with Crippen LogP contribution in [0, 0.1) is 11.3 Å². The van der Waals surface area contributed by atoms with E-state index in [1.807, 2.05) is 0 Å². The first-order chi connectivity index (χ1) is 8.36. The Morgan fingerprint density at radius 3 is 2.50 bits per heavy atom. The summed E-state index contributed by atoms with van der Waals surface area (Å²) in [6.07, 6.45) is 4.66. The summed E-state index contributed by atoms with van der Waals surface area (Å²) in [5.74, 6) is 0.639. The largest absolute Gasteiger partial charge is 0.386 e. The number of nitrogens with zero attached hydrogens (tertiary/aromatic N) is 1. The molecule has 0 aromatic heterocycles. The third-order valence-corrected chi connectivity index (χ3v) is 4.46. The van der Waals surface area contributed by atoms with Gasteiger partial charge in [0, 0.05) is 6.42 Å². The fraction of sp³-hybridized carbons (Fsp3) is 0.929. The fourth-order valence-electron chi connectivity index (χ4n) is 2.79. The number of hydrogen-bond acceptors (Lipinski definition) is 3. The molecule has 4 nitrogen and oxygen atoms in total. The number of carbonyl (C=O) groups excluding carboxylic acids is 1. The smallest absolute Gasteiger partial charge is 0.222 e. The summed E-state index contributed by atoms with van der Waals surface area (Å²) in [6, 6.07) is 0. The molecule has 1 amide bonds. The molecule has 104 valence electrons. The zero-order valence-corrected chi connectivity index (χ0v) is 11.6. The molecule has 1 saturated heterocycles. The Labute approximate surface area is 110 Å². The number of carbonyl (C=O) groups is 1. The van der Waals surface area contributed by atoms with Crippen LogP contribution in [0.2, 0.25) is 0 Å². The van der Waals surface area contributed by atoms with Crippen LogP contribution in [-0.2, 0) is 4.79 Å². The molecular weight excluding hydrogens is 228 g/mol. The Kier molecular flexibility index (Phi) is 3.70. The highest BCUT2D eigenvalue weighted by Crippen LogP contribution is 2.44. The van der Waals surface area contributed by atoms with Crippen LogP contribution in [0.1, 0.15) is 46.0 Å². The third-order valence-electron chi connectivity index (χ3n) is 4.46. The first-order valence-corrected chi connectivity index (χ1v) is 7.06. The van der Waals surface area contributed by atoms with Crippen LogP contribution in [-0.4, -0.2) is 41.1 Å². The summed E-state index contributed by atoms with van der Waals surface area (Å²) in [7, 11) is 0. The van der Waals surface area contributed by atoms with Gasteiger partial charge in [0.25, 0.3) is 0 Å². The Morgan fingerprint density at radius 2 is 2.00 bits per heavy atom. The number of hydrogen-bond donors (Lipinski definition) is 2. The second-order valence-corrected chi connectivity index (χ2v) is 6.83. The van der Waals surface area contributed by atoms with E-state index in [4.69, 9.17) is 5.73 Å². The van der Waals surface area contributed by atoms with Gasteiger partial charge in [-0.05, 0) is 43.6 Å². The standard InChI is InChI=1S/C14H26N2O2/c1-13(2,7-8-15)6-5-12(17)16-9-14(18,10-16)11-3-4-11/h11,18H,3-10,15H2,1-2H3. The van der Waals surface area contributed by atoms with Gasteiger partial charge in [-0.1, -0.05) is 13.8 Å². The Hall–Kier alpha value is -0.610. The van der Waals surface area contributed by atoms with Crippen molar-refractivity contribution in [2.24, 2.45) is 17.1 Å². The van der Waals surface area contributed by atoms with Gasteiger partial charge < -0.3 is 15.7 Å². The van der Waals surface area contributed by atoms with Crippen molar-refractivity contribution in [3.8, 4) is 0 Å². The molecule has 0 bridgehead atoms. The summed E-state index contributed by atoms with van der Waals surface area (Å²) in [6.45, 7) is 6.08. The van der Waals surface area contributed by atoms with Crippen LogP contribution in [0.4, 0.5) is 0 Å². The quantitative estimate of drug-likeness (QED) is 0.746. The van der Waals surface area contributed by atoms with Crippen LogP contribution in [0.3, 0.4) is 0 Å². The molecule has 0 radical (unpaired) electrons. The lowest BCUT2D eigenvalue weighted by molar-refractivity contribution is -0.159. The van der Waals surface area contributed by atoms with Crippen molar-refractivity contribution in [3.05, 3.63) is 0 Å². The molecule has 1 saturated carbocycles. The molecule has 4 heteroatoms. The maximum absolute atomic E-state index is 12.0. The number of amides is 1. The van der Waals surface area contributed by atoms with Gasteiger partial charge in [0.05, 0.1) is 13.1 Å². The average Bonchev–Trinajstić information content (AvgIpc) is 3.05. The van der Waals surface area contributed by atoms with Crippen molar-refractivity contribution < 1.29 is 9.90 Å². The van der Waals surface area contributed by atoms with Gasteiger partial charge in [-0.25, -0.2) is 0 Å². The summed E-state index contributed by atoms with van der Waals surface area (Å²) >= 11 is 0. The molecule has 0 atom stereocenters. The summed E-state index contributed by atoms with van der Waals surface area (Å²) in [4.78, 5) is 13.8. The summed E-state index contributed by atoms with van der Waals surface area (Å²) in [5, 5.41) is 10.2. The molecule has 3 N–H and O–H groups in total. The molecule has 18 heavy (non-hydrogen) atoms. The lowest BCUT2D eigenvalue weighted by atomic mass is 9.83. The fourth-order valence-corrected chi connectivity index (χ4v) is 2.79. The van der Waals surface area contributed by atoms with Crippen molar-refractivity contribution in [1.29, 1.82) is 0 Å². The highest BCUT2D eigenvalue weighted by molar-refractivity contribution is 5.77. The molecule has 1 aliphatic heterocycles. The van der Waals surface area contributed by atoms with Gasteiger partial charge in [-0.3, -0.25) is 4.79 Å². The van der Waals surface area contributed by atoms with Crippen molar-refractivity contribution in [1.82, 2.24) is 4.90 Å². The van der Waals surface area contributed by atoms with Crippen molar-refractivity contribution in [2.75, 3.05) is 19.6 Å². The van der Waals surface area contributed by atoms with E-state index in [1.165, 1.54) is 0 Å². The number of aliphatic hydroxyl groups is 1. The van der Waals surface area contributed by atoms with E-state index in [9.17, 15) is 9.90 Å². The maximum atomic E-state index is 12.0. The number of likely N-dealkylation sites (tertiary alicyclic amines) is 1. The molecule has 2 aliphatic rings. The van der Waals surface area contributed by atoms with Gasteiger partial charge in [0.1, 0.15) is 5.60 Å². The molecule has 0 aromatic rings. The van der Waals surface area contributed by atoms with Gasteiger partial charge in [-0.2, -0.15) is 0 Å². The van der Waals surface area contributed by atoms with Crippen LogP contribution in [0.5, 0.6) is 0 Å². The van der Waals surface area contributed by atoms with Gasteiger partial charge in [-0.15, -0.1) is 0 Å². The van der Waals surface area contributed by atoms with Crippen LogP contribution >= 0.6 is 0 Å². The maximum Gasteiger partial charge on any atom is 0.222 e. The minimum atomic E-state index is -0.553. The molecule has 1 heterocycles. The number of nitrogens with two attached hydrogens (primary N) is 1. The van der Waals surface area contributed by atoms with Crippen molar-refractivity contribution in [2.45, 2.75) is 51.6 Å². The summed E-state index contributed by atoms with van der Waals surface area (Å²) in [5.41, 5.74) is 5.15. The Bertz CT molecular complexity index is 318. The normalized spacial score (nSPS) is 22.8. The molecule has 2 fully saturated rings. The molecule has 2 rings (SSSR count). The average molecular weight is 254 g/mol. The number of β-amino-alcohol motifs (C(OH)–C–C–N with tert-alkyl or cyclic N) is 1. The molecule has 0 spiro atoms. The van der Waals surface area contributed by atoms with Crippen molar-refractivity contribution >= 4 is 5.91 Å². The topological polar surface area (TPSA) is 66.6 Å². The van der Waals surface area contributed by atoms with E-state index in [2.05, 4.69) is 13.8 Å². The Morgan fingerprint density at radius 1 is 1.39 bits per heavy atom. The van der Waals surface area contributed by atoms with E-state index in [1.54, 1.807) is 4.90 Å². The van der Waals surface area contributed by atoms with Gasteiger partial charge >= 0.3 is 0 Å². The predicted molar refractivity (Wildman–Crippen MR) is 70.9 cm³/mol. The van der Waals surface area contributed by atoms with E-state index in [0.29, 0.717) is 32.0 Å². The zero-order chi connectivity index (χ0) is 13.4. The van der Waals surface area contributed by atoms with E-state index in [0.717, 1.165) is 25.7 Å². The van der Waals surface area contributed by atoms with Crippen molar-refractivity contribution in [3.63, 3.8) is 0 Å². The number of rotatable bonds is 6. The minimum Gasteiger partial charge on any atom is -0.386 e. The first-order valence-electron chi connectivity index (χ1n) is 7.06. The van der Waals surface area contributed by atoms with Crippen LogP contribution < -0.4 is 5.73 Å². The van der Waals surface area contributed by atoms with Gasteiger partial charge in [0.15, 0.2) is 0 Å². The first kappa shape index (κ1) is 13.8. The Balaban J connectivity index is 1.70. The highest BCUT2D eigenvalue weighted by Gasteiger charge is 2.53. The van der Waals surface area contributed by atoms with E-state index in [-0.39, 0.29) is 11.3 Å². The summed E-state index contributed by atoms with van der Waals surface area (Å²) < 4.78 is 0. The molecule has 0 unspecified atom stereocenters. The second kappa shape index (κ2) is 4.82. The molecule has 1 aliphatic carbocycles. The lowest BCUT2D eigenvalue weighted by Crippen LogP contribution is -2.64. The predicted octanol–water partition coefficient (Wildman–Crippen LogP) is 1.12. The monoisotopic (exact) mass is 254 g/mol. The minimum absolute atomic E-state index is 0.141. The van der Waals surface area contributed by atoms with E-state index >= 15 is 0 Å². The third kappa shape index (κ3) is 3.04. The molecule has 0 aromatic carbocycles. The van der Waals surface area contributed by atoms with Gasteiger partial charge in [0.2, 0.25) is 5.91 Å². The highest BCUT2D eigenvalue weighted by atomic mass is 16.3. The second-order valence-electron chi connectivity index (χ2n) is 6.83. The zero-order valence-electron chi connectivity index (χ0n) is 11.6. The molecular formula is C14H26N2O2. The SMILES string of the molecule is CC(C)(CCN)CCC(=O)N1CC(O)(C2CC2)C1. The van der Waals surface area contributed by atoms with E-state index < -0.39 is 5.60 Å².